The second-order valence-electron chi connectivity index (χ2n) is 12.7. The lowest BCUT2D eigenvalue weighted by Gasteiger charge is -2.36. The molecule has 13 heteroatoms. The number of rotatable bonds is 9. The first-order chi connectivity index (χ1) is 21.6. The fourth-order valence-corrected chi connectivity index (χ4v) is 6.34. The maximum atomic E-state index is 15.2. The van der Waals surface area contributed by atoms with E-state index in [0.717, 1.165) is 15.8 Å². The maximum absolute atomic E-state index is 15.2. The number of carbonyl (C=O) groups excluding carboxylic acids is 1. The van der Waals surface area contributed by atoms with Crippen LogP contribution in [0.3, 0.4) is 0 Å². The van der Waals surface area contributed by atoms with E-state index in [0.29, 0.717) is 38.9 Å². The lowest BCUT2D eigenvalue weighted by molar-refractivity contribution is 0.0402. The minimum atomic E-state index is -2.09. The lowest BCUT2D eigenvalue weighted by atomic mass is 10.1. The van der Waals surface area contributed by atoms with E-state index in [9.17, 15) is 4.79 Å². The van der Waals surface area contributed by atoms with Gasteiger partial charge >= 0.3 is 6.09 Å². The highest BCUT2D eigenvalue weighted by molar-refractivity contribution is 7.21. The Labute approximate surface area is 272 Å². The molecule has 242 valence electrons. The molecule has 2 aromatic carbocycles. The largest absolute Gasteiger partial charge is 0.542 e. The molecular weight excluding hydrogens is 626 g/mol. The Balaban J connectivity index is 1.27. The van der Waals surface area contributed by atoms with E-state index in [1.807, 2.05) is 19.1 Å². The van der Waals surface area contributed by atoms with Gasteiger partial charge in [0, 0.05) is 23.8 Å². The van der Waals surface area contributed by atoms with Gasteiger partial charge in [0.15, 0.2) is 11.6 Å². The predicted octanol–water partition coefficient (Wildman–Crippen LogP) is 8.55. The third-order valence-corrected chi connectivity index (χ3v) is 13.5. The van der Waals surface area contributed by atoms with Gasteiger partial charge in [-0.25, -0.2) is 24.1 Å². The highest BCUT2D eigenvalue weighted by Crippen LogP contribution is 2.39. The van der Waals surface area contributed by atoms with Gasteiger partial charge in [0.2, 0.25) is 5.88 Å². The second-order valence-corrected chi connectivity index (χ2v) is 18.4. The number of thiazole rings is 1. The number of nitrogens with zero attached hydrogens (tertiary/aromatic N) is 4. The summed E-state index contributed by atoms with van der Waals surface area (Å²) in [6.45, 7) is 16.1. The van der Waals surface area contributed by atoms with Crippen LogP contribution >= 0.6 is 11.3 Å². The van der Waals surface area contributed by atoms with Crippen LogP contribution in [-0.4, -0.2) is 53.7 Å². The van der Waals surface area contributed by atoms with Crippen molar-refractivity contribution >= 4 is 52.7 Å². The molecule has 0 aliphatic carbocycles. The topological polar surface area (TPSA) is 118 Å². The fraction of sp³-hybridized carbons (Fsp3) is 0.364. The summed E-state index contributed by atoms with van der Waals surface area (Å²) in [5.74, 6) is 0.454. The van der Waals surface area contributed by atoms with Crippen molar-refractivity contribution in [2.24, 2.45) is 0 Å². The molecular formula is C33H38FN5O5SSi. The lowest BCUT2D eigenvalue weighted by Crippen LogP contribution is -2.43. The third kappa shape index (κ3) is 7.20. The summed E-state index contributed by atoms with van der Waals surface area (Å²) >= 11 is 1.39. The SMILES string of the molecule is COc1cnc2c(-c3nc4cc(F)c(O[C@@H](C)[C@@H](C)OC(=O)Nc5cncc(O[Si](C)(C)C(C)(C)C)c5)cc4s3)cc(C)cc2n1. The number of hydrogen-bond acceptors (Lipinski definition) is 10. The zero-order chi connectivity index (χ0) is 33.4. The number of halogens is 1. The van der Waals surface area contributed by atoms with Crippen molar-refractivity contribution in [3.8, 4) is 28.0 Å². The molecule has 2 atom stereocenters. The van der Waals surface area contributed by atoms with Crippen LogP contribution in [0, 0.1) is 12.7 Å². The number of aryl methyl sites for hydroxylation is 1. The number of benzene rings is 2. The highest BCUT2D eigenvalue weighted by atomic mass is 32.1. The van der Waals surface area contributed by atoms with Crippen LogP contribution in [0.5, 0.6) is 17.4 Å². The van der Waals surface area contributed by atoms with E-state index in [2.05, 4.69) is 59.1 Å². The number of hydrogen-bond donors (Lipinski definition) is 1. The van der Waals surface area contributed by atoms with E-state index >= 15 is 4.39 Å². The van der Waals surface area contributed by atoms with Crippen molar-refractivity contribution in [1.29, 1.82) is 0 Å². The highest BCUT2D eigenvalue weighted by Gasteiger charge is 2.39. The van der Waals surface area contributed by atoms with Crippen molar-refractivity contribution in [2.75, 3.05) is 12.4 Å². The minimum Gasteiger partial charge on any atom is -0.542 e. The van der Waals surface area contributed by atoms with E-state index in [4.69, 9.17) is 18.6 Å². The summed E-state index contributed by atoms with van der Waals surface area (Å²) in [6, 6.07) is 8.58. The summed E-state index contributed by atoms with van der Waals surface area (Å²) in [5.41, 5.74) is 4.06. The van der Waals surface area contributed by atoms with Gasteiger partial charge in [0.25, 0.3) is 8.32 Å². The number of fused-ring (bicyclic) bond motifs is 2. The average molecular weight is 664 g/mol. The van der Waals surface area contributed by atoms with Crippen molar-refractivity contribution in [3.63, 3.8) is 0 Å². The molecule has 10 nitrogen and oxygen atoms in total. The van der Waals surface area contributed by atoms with Gasteiger partial charge in [-0.2, -0.15) is 0 Å². The Kier molecular flexibility index (Phi) is 9.18. The van der Waals surface area contributed by atoms with Crippen LogP contribution in [0.4, 0.5) is 14.9 Å². The van der Waals surface area contributed by atoms with Crippen molar-refractivity contribution in [2.45, 2.75) is 71.9 Å². The third-order valence-electron chi connectivity index (χ3n) is 8.06. The summed E-state index contributed by atoms with van der Waals surface area (Å²) in [6.07, 6.45) is 2.64. The standard InChI is InChI=1S/C33H38FN5O5SSi/c1-18-10-23(30-26(11-18)38-29(41-7)17-36-30)31-39-25-13-24(34)27(14-28(25)45-31)42-19(2)20(3)43-32(40)37-21-12-22(16-35-15-21)44-46(8,9)33(4,5)6/h10-17,19-20H,1-9H3,(H,37,40)/t19-,20+/m0/s1. The van der Waals surface area contributed by atoms with Gasteiger partial charge in [-0.1, -0.05) is 20.8 Å². The van der Waals surface area contributed by atoms with Crippen LogP contribution in [0.15, 0.2) is 48.9 Å². The van der Waals surface area contributed by atoms with E-state index < -0.39 is 32.4 Å². The number of pyridine rings is 1. The molecule has 3 heterocycles. The van der Waals surface area contributed by atoms with Crippen molar-refractivity contribution in [3.05, 3.63) is 60.3 Å². The van der Waals surface area contributed by atoms with E-state index in [-0.39, 0.29) is 10.8 Å². The van der Waals surface area contributed by atoms with Gasteiger partial charge in [-0.3, -0.25) is 10.3 Å². The number of methoxy groups -OCH3 is 1. The average Bonchev–Trinajstić information content (AvgIpc) is 3.38. The molecule has 5 aromatic rings. The molecule has 0 unspecified atom stereocenters. The molecule has 1 amide bonds. The van der Waals surface area contributed by atoms with Crippen LogP contribution in [0.1, 0.15) is 40.2 Å². The predicted molar refractivity (Wildman–Crippen MR) is 181 cm³/mol. The van der Waals surface area contributed by atoms with Gasteiger partial charge in [0.1, 0.15) is 23.0 Å². The smallest absolute Gasteiger partial charge is 0.412 e. The fourth-order valence-electron chi connectivity index (χ4n) is 4.34. The number of anilines is 1. The van der Waals surface area contributed by atoms with E-state index in [1.54, 1.807) is 45.5 Å². The van der Waals surface area contributed by atoms with Gasteiger partial charge < -0.3 is 18.6 Å². The van der Waals surface area contributed by atoms with Crippen LogP contribution in [0.25, 0.3) is 31.8 Å². The van der Waals surface area contributed by atoms with Crippen LogP contribution in [-0.2, 0) is 4.74 Å². The number of ether oxygens (including phenoxy) is 3. The molecule has 5 rings (SSSR count). The monoisotopic (exact) mass is 663 g/mol. The molecule has 0 spiro atoms. The molecule has 0 saturated carbocycles. The molecule has 0 radical (unpaired) electrons. The Morgan fingerprint density at radius 3 is 2.48 bits per heavy atom. The quantitative estimate of drug-likeness (QED) is 0.155. The molecule has 0 aliphatic rings. The molecule has 3 aromatic heterocycles. The summed E-state index contributed by atoms with van der Waals surface area (Å²) in [7, 11) is -0.543. The molecule has 1 N–H and O–H groups in total. The summed E-state index contributed by atoms with van der Waals surface area (Å²) in [4.78, 5) is 30.6. The Hall–Kier alpha value is -4.36. The van der Waals surface area contributed by atoms with Gasteiger partial charge in [-0.05, 0) is 56.6 Å². The molecule has 0 saturated heterocycles. The minimum absolute atomic E-state index is 0.00738. The first-order valence-corrected chi connectivity index (χ1v) is 18.6. The van der Waals surface area contributed by atoms with Crippen molar-refractivity contribution in [1.82, 2.24) is 19.9 Å². The van der Waals surface area contributed by atoms with Crippen molar-refractivity contribution < 1.29 is 27.8 Å². The first-order valence-electron chi connectivity index (χ1n) is 14.8. The second kappa shape index (κ2) is 12.8. The van der Waals surface area contributed by atoms with Crippen LogP contribution in [0.2, 0.25) is 18.1 Å². The number of nitrogens with one attached hydrogen (secondary N) is 1. The zero-order valence-electron chi connectivity index (χ0n) is 27.4. The Morgan fingerprint density at radius 1 is 1.00 bits per heavy atom. The molecule has 46 heavy (non-hydrogen) atoms. The van der Waals surface area contributed by atoms with Gasteiger partial charge in [0.05, 0.1) is 52.6 Å². The maximum Gasteiger partial charge on any atom is 0.412 e. The number of amides is 1. The Bertz CT molecular complexity index is 1910. The molecule has 0 aliphatic heterocycles. The zero-order valence-corrected chi connectivity index (χ0v) is 29.2. The summed E-state index contributed by atoms with van der Waals surface area (Å²) in [5, 5.41) is 3.38. The number of aromatic nitrogens is 4. The normalized spacial score (nSPS) is 13.3. The molecule has 0 bridgehead atoms. The summed E-state index contributed by atoms with van der Waals surface area (Å²) < 4.78 is 38.9. The van der Waals surface area contributed by atoms with Crippen LogP contribution < -0.4 is 19.2 Å². The molecule has 0 fully saturated rings. The van der Waals surface area contributed by atoms with E-state index in [1.165, 1.54) is 23.6 Å². The van der Waals surface area contributed by atoms with Gasteiger partial charge in [-0.15, -0.1) is 11.3 Å². The number of carbonyl (C=O) groups is 1. The Morgan fingerprint density at radius 2 is 1.76 bits per heavy atom. The first kappa shape index (κ1) is 33.0.